The number of amides is 1. The lowest BCUT2D eigenvalue weighted by Crippen LogP contribution is -2.50. The molecule has 1 N–H and O–H groups in total. The molecule has 0 spiro atoms. The van der Waals surface area contributed by atoms with Gasteiger partial charge in [-0.1, -0.05) is 18.2 Å². The molecule has 180 valence electrons. The molecular weight excluding hydrogens is 434 g/mol. The second-order valence-corrected chi connectivity index (χ2v) is 9.57. The highest BCUT2D eigenvalue weighted by Crippen LogP contribution is 2.34. The zero-order chi connectivity index (χ0) is 23.7. The third kappa shape index (κ3) is 4.64. The highest BCUT2D eigenvalue weighted by Gasteiger charge is 2.32. The van der Waals surface area contributed by atoms with E-state index in [0.29, 0.717) is 75.8 Å². The zero-order valence-electron chi connectivity index (χ0n) is 19.3. The van der Waals surface area contributed by atoms with Crippen molar-refractivity contribution in [3.63, 3.8) is 0 Å². The number of aromatic nitrogens is 2. The molecule has 1 amide bonds. The van der Waals surface area contributed by atoms with Crippen LogP contribution in [0.4, 0.5) is 11.4 Å². The van der Waals surface area contributed by atoms with Crippen LogP contribution in [0.1, 0.15) is 32.1 Å². The molecule has 0 bridgehead atoms. The summed E-state index contributed by atoms with van der Waals surface area (Å²) in [5, 5.41) is 14.1. The lowest BCUT2D eigenvalue weighted by molar-refractivity contribution is -0.142. The molecule has 0 radical (unpaired) electrons. The van der Waals surface area contributed by atoms with Gasteiger partial charge in [-0.3, -0.25) is 14.4 Å². The highest BCUT2D eigenvalue weighted by molar-refractivity contribution is 5.78. The van der Waals surface area contributed by atoms with Crippen molar-refractivity contribution in [2.75, 3.05) is 49.1 Å². The predicted molar refractivity (Wildman–Crippen MR) is 129 cm³/mol. The Morgan fingerprint density at radius 3 is 2.38 bits per heavy atom. The normalized spacial score (nSPS) is 20.9. The second-order valence-electron chi connectivity index (χ2n) is 9.57. The van der Waals surface area contributed by atoms with Crippen LogP contribution in [0, 0.1) is 11.8 Å². The van der Waals surface area contributed by atoms with Gasteiger partial charge in [-0.15, -0.1) is 0 Å². The molecular formula is C25H31N5O4. The van der Waals surface area contributed by atoms with Crippen LogP contribution in [0.5, 0.6) is 0 Å². The highest BCUT2D eigenvalue weighted by atomic mass is 16.4. The number of hydrogen-bond donors (Lipinski definition) is 1. The number of piperidine rings is 1. The third-order valence-electron chi connectivity index (χ3n) is 7.15. The van der Waals surface area contributed by atoms with Crippen LogP contribution in [-0.2, 0) is 9.59 Å². The van der Waals surface area contributed by atoms with Crippen molar-refractivity contribution in [1.82, 2.24) is 14.7 Å². The Balaban J connectivity index is 1.44. The second kappa shape index (κ2) is 9.48. The van der Waals surface area contributed by atoms with E-state index in [1.165, 1.54) is 4.68 Å². The van der Waals surface area contributed by atoms with Crippen molar-refractivity contribution in [3.8, 4) is 5.69 Å². The Kier molecular flexibility index (Phi) is 6.26. The minimum Gasteiger partial charge on any atom is -0.481 e. The van der Waals surface area contributed by atoms with Gasteiger partial charge in [0.05, 0.1) is 23.5 Å². The molecule has 3 aliphatic rings. The first-order valence-corrected chi connectivity index (χ1v) is 12.2. The molecule has 1 unspecified atom stereocenters. The molecule has 9 heteroatoms. The van der Waals surface area contributed by atoms with Gasteiger partial charge in [0.2, 0.25) is 5.91 Å². The number of para-hydroxylation sites is 1. The molecule has 3 fully saturated rings. The molecule has 5 rings (SSSR count). The summed E-state index contributed by atoms with van der Waals surface area (Å²) < 4.78 is 1.39. The minimum atomic E-state index is -0.827. The van der Waals surface area contributed by atoms with E-state index in [-0.39, 0.29) is 11.5 Å². The molecule has 1 aromatic carbocycles. The Bertz CT molecular complexity index is 1110. The van der Waals surface area contributed by atoms with E-state index in [0.717, 1.165) is 18.5 Å². The summed E-state index contributed by atoms with van der Waals surface area (Å²) in [6.07, 6.45) is 6.01. The number of carbonyl (C=O) groups excluding carboxylic acids is 1. The van der Waals surface area contributed by atoms with Crippen molar-refractivity contribution in [1.29, 1.82) is 0 Å². The Morgan fingerprint density at radius 2 is 1.71 bits per heavy atom. The first kappa shape index (κ1) is 22.4. The number of aliphatic carboxylic acids is 1. The van der Waals surface area contributed by atoms with Crippen LogP contribution in [0.3, 0.4) is 0 Å². The summed E-state index contributed by atoms with van der Waals surface area (Å²) in [5.74, 6) is -0.545. The summed E-state index contributed by atoms with van der Waals surface area (Å²) in [7, 11) is 0. The van der Waals surface area contributed by atoms with Crippen LogP contribution in [0.2, 0.25) is 0 Å². The molecule has 2 aliphatic heterocycles. The molecule has 1 saturated carbocycles. The number of nitrogens with zero attached hydrogens (tertiary/aromatic N) is 5. The maximum atomic E-state index is 13.7. The van der Waals surface area contributed by atoms with Gasteiger partial charge >= 0.3 is 5.97 Å². The molecule has 3 heterocycles. The Morgan fingerprint density at radius 1 is 0.971 bits per heavy atom. The number of benzene rings is 1. The van der Waals surface area contributed by atoms with Gasteiger partial charge in [-0.05, 0) is 43.7 Å². The number of anilines is 2. The topological polar surface area (TPSA) is 99.0 Å². The molecule has 1 atom stereocenters. The molecule has 1 aromatic heterocycles. The van der Waals surface area contributed by atoms with Gasteiger partial charge < -0.3 is 19.8 Å². The van der Waals surface area contributed by atoms with E-state index in [1.807, 2.05) is 40.1 Å². The maximum Gasteiger partial charge on any atom is 0.308 e. The van der Waals surface area contributed by atoms with E-state index in [1.54, 1.807) is 6.20 Å². The largest absolute Gasteiger partial charge is 0.481 e. The predicted octanol–water partition coefficient (Wildman–Crippen LogP) is 1.98. The van der Waals surface area contributed by atoms with Crippen molar-refractivity contribution >= 4 is 23.3 Å². The molecule has 2 aromatic rings. The summed E-state index contributed by atoms with van der Waals surface area (Å²) in [6.45, 7) is 3.40. The summed E-state index contributed by atoms with van der Waals surface area (Å²) >= 11 is 0. The minimum absolute atomic E-state index is 0.223. The van der Waals surface area contributed by atoms with E-state index < -0.39 is 11.9 Å². The van der Waals surface area contributed by atoms with Gasteiger partial charge in [0.25, 0.3) is 5.56 Å². The smallest absolute Gasteiger partial charge is 0.308 e. The van der Waals surface area contributed by atoms with E-state index >= 15 is 0 Å². The van der Waals surface area contributed by atoms with Crippen LogP contribution < -0.4 is 15.4 Å². The zero-order valence-corrected chi connectivity index (χ0v) is 19.3. The summed E-state index contributed by atoms with van der Waals surface area (Å²) in [5.41, 5.74) is 1.64. The first-order valence-electron chi connectivity index (χ1n) is 12.2. The first-order chi connectivity index (χ1) is 16.5. The number of piperazine rings is 1. The monoisotopic (exact) mass is 465 g/mol. The molecule has 34 heavy (non-hydrogen) atoms. The van der Waals surface area contributed by atoms with E-state index in [4.69, 9.17) is 0 Å². The van der Waals surface area contributed by atoms with Crippen LogP contribution >= 0.6 is 0 Å². The van der Waals surface area contributed by atoms with Crippen molar-refractivity contribution in [2.24, 2.45) is 11.8 Å². The average Bonchev–Trinajstić information content (AvgIpc) is 3.68. The Hall–Kier alpha value is -3.36. The van der Waals surface area contributed by atoms with E-state index in [9.17, 15) is 19.5 Å². The van der Waals surface area contributed by atoms with Gasteiger partial charge in [0.1, 0.15) is 5.69 Å². The molecule has 1 aliphatic carbocycles. The van der Waals surface area contributed by atoms with Crippen molar-refractivity contribution in [2.45, 2.75) is 32.1 Å². The maximum absolute atomic E-state index is 13.7. The molecule has 2 saturated heterocycles. The van der Waals surface area contributed by atoms with Crippen molar-refractivity contribution in [3.05, 3.63) is 46.9 Å². The van der Waals surface area contributed by atoms with Gasteiger partial charge in [-0.25, -0.2) is 0 Å². The number of rotatable bonds is 6. The SMILES string of the molecule is O=C(O)C1CCCN(c2c(N3CCN(C(=O)CC4CC4)CC3)cnn(-c3ccccc3)c2=O)C1. The van der Waals surface area contributed by atoms with Gasteiger partial charge in [0.15, 0.2) is 0 Å². The molecule has 9 nitrogen and oxygen atoms in total. The third-order valence-corrected chi connectivity index (χ3v) is 7.15. The standard InChI is InChI=1S/C25H31N5O4/c31-22(15-18-8-9-18)28-13-11-27(12-14-28)21-16-26-30(20-6-2-1-3-7-20)24(32)23(21)29-10-4-5-19(17-29)25(33)34/h1-3,6-7,16,18-19H,4-5,8-15,17H2,(H,33,34). The number of carbonyl (C=O) groups is 2. The van der Waals surface area contributed by atoms with Crippen LogP contribution in [0.15, 0.2) is 41.3 Å². The van der Waals surface area contributed by atoms with Crippen LogP contribution in [0.25, 0.3) is 5.69 Å². The summed E-state index contributed by atoms with van der Waals surface area (Å²) in [6, 6.07) is 9.26. The lowest BCUT2D eigenvalue weighted by Gasteiger charge is -2.39. The number of carboxylic acid groups (broad SMARTS) is 1. The van der Waals surface area contributed by atoms with Crippen LogP contribution in [-0.4, -0.2) is 70.9 Å². The quantitative estimate of drug-likeness (QED) is 0.697. The van der Waals surface area contributed by atoms with Gasteiger partial charge in [0, 0.05) is 45.7 Å². The Labute approximate surface area is 198 Å². The fourth-order valence-corrected chi connectivity index (χ4v) is 4.99. The fourth-order valence-electron chi connectivity index (χ4n) is 4.99. The number of carboxylic acids is 1. The number of hydrogen-bond acceptors (Lipinski definition) is 6. The van der Waals surface area contributed by atoms with Crippen molar-refractivity contribution < 1.29 is 14.7 Å². The fraction of sp³-hybridized carbons (Fsp3) is 0.520. The lowest BCUT2D eigenvalue weighted by atomic mass is 9.98. The van der Waals surface area contributed by atoms with E-state index in [2.05, 4.69) is 10.00 Å². The average molecular weight is 466 g/mol. The summed E-state index contributed by atoms with van der Waals surface area (Å²) in [4.78, 5) is 43.9. The van der Waals surface area contributed by atoms with Gasteiger partial charge in [-0.2, -0.15) is 9.78 Å².